The fraction of sp³-hybridized carbons (Fsp3) is 0.200. The summed E-state index contributed by atoms with van der Waals surface area (Å²) in [7, 11) is 1.63. The van der Waals surface area contributed by atoms with E-state index < -0.39 is 0 Å². The van der Waals surface area contributed by atoms with E-state index in [0.29, 0.717) is 12.3 Å². The second-order valence-corrected chi connectivity index (χ2v) is 5.11. The summed E-state index contributed by atoms with van der Waals surface area (Å²) in [5, 5.41) is 3.50. The van der Waals surface area contributed by atoms with Crippen LogP contribution in [0.3, 0.4) is 0 Å². The van der Waals surface area contributed by atoms with Gasteiger partial charge in [0.05, 0.1) is 18.6 Å². The average Bonchev–Trinajstić information content (AvgIpc) is 2.99. The highest BCUT2D eigenvalue weighted by molar-refractivity contribution is 7.99. The first kappa shape index (κ1) is 15.2. The molecule has 0 saturated carbocycles. The van der Waals surface area contributed by atoms with E-state index in [0.717, 1.165) is 16.6 Å². The zero-order valence-corrected chi connectivity index (χ0v) is 12.6. The van der Waals surface area contributed by atoms with Crippen LogP contribution in [0.5, 0.6) is 5.75 Å². The number of imidazole rings is 1. The summed E-state index contributed by atoms with van der Waals surface area (Å²) >= 11 is 1.39. The van der Waals surface area contributed by atoms with Crippen molar-refractivity contribution in [2.75, 3.05) is 19.4 Å². The van der Waals surface area contributed by atoms with Crippen molar-refractivity contribution in [2.24, 2.45) is 0 Å². The first-order valence-electron chi connectivity index (χ1n) is 6.42. The molecule has 1 N–H and O–H groups in total. The Morgan fingerprint density at radius 3 is 3.19 bits per heavy atom. The zero-order valence-electron chi connectivity index (χ0n) is 11.8. The quantitative estimate of drug-likeness (QED) is 0.630. The average molecular weight is 303 g/mol. The van der Waals surface area contributed by atoms with Crippen molar-refractivity contribution in [2.45, 2.75) is 5.16 Å². The van der Waals surface area contributed by atoms with Gasteiger partial charge in [-0.1, -0.05) is 23.9 Å². The van der Waals surface area contributed by atoms with Crippen LogP contribution in [0.1, 0.15) is 0 Å². The van der Waals surface area contributed by atoms with Crippen LogP contribution in [0.4, 0.5) is 0 Å². The Kier molecular flexibility index (Phi) is 5.45. The lowest BCUT2D eigenvalue weighted by atomic mass is 10.3. The number of carbonyl (C=O) groups excluding carboxylic acids is 1. The van der Waals surface area contributed by atoms with Gasteiger partial charge in [-0.2, -0.15) is 0 Å². The third-order valence-electron chi connectivity index (χ3n) is 2.71. The third kappa shape index (κ3) is 4.13. The highest BCUT2D eigenvalue weighted by Crippen LogP contribution is 2.22. The normalized spacial score (nSPS) is 10.1. The van der Waals surface area contributed by atoms with Crippen molar-refractivity contribution in [3.63, 3.8) is 0 Å². The lowest BCUT2D eigenvalue weighted by Gasteiger charge is -2.09. The SMILES string of the molecule is C=CCNC(=O)CSc1nccn1-c1cccc(OC)c1. The molecule has 110 valence electrons. The Balaban J connectivity index is 2.07. The fourth-order valence-electron chi connectivity index (χ4n) is 1.72. The Labute approximate surface area is 128 Å². The van der Waals surface area contributed by atoms with Gasteiger partial charge in [0.1, 0.15) is 5.75 Å². The highest BCUT2D eigenvalue weighted by atomic mass is 32.2. The van der Waals surface area contributed by atoms with E-state index in [-0.39, 0.29) is 5.91 Å². The maximum Gasteiger partial charge on any atom is 0.230 e. The van der Waals surface area contributed by atoms with E-state index in [2.05, 4.69) is 16.9 Å². The number of hydrogen-bond acceptors (Lipinski definition) is 4. The number of benzene rings is 1. The Bertz CT molecular complexity index is 625. The van der Waals surface area contributed by atoms with Crippen molar-refractivity contribution >= 4 is 17.7 Å². The highest BCUT2D eigenvalue weighted by Gasteiger charge is 2.09. The van der Waals surface area contributed by atoms with Crippen LogP contribution in [0.15, 0.2) is 54.5 Å². The zero-order chi connectivity index (χ0) is 15.1. The van der Waals surface area contributed by atoms with Crippen molar-refractivity contribution in [1.29, 1.82) is 0 Å². The largest absolute Gasteiger partial charge is 0.497 e. The van der Waals surface area contributed by atoms with Crippen LogP contribution in [0, 0.1) is 0 Å². The van der Waals surface area contributed by atoms with Crippen LogP contribution >= 0.6 is 11.8 Å². The van der Waals surface area contributed by atoms with Crippen molar-refractivity contribution in [3.05, 3.63) is 49.3 Å². The number of rotatable bonds is 7. The van der Waals surface area contributed by atoms with Gasteiger partial charge in [-0.05, 0) is 12.1 Å². The lowest BCUT2D eigenvalue weighted by Crippen LogP contribution is -2.25. The number of nitrogens with one attached hydrogen (secondary N) is 1. The number of methoxy groups -OCH3 is 1. The smallest absolute Gasteiger partial charge is 0.230 e. The summed E-state index contributed by atoms with van der Waals surface area (Å²) in [5.41, 5.74) is 0.945. The van der Waals surface area contributed by atoms with Gasteiger partial charge in [-0.25, -0.2) is 4.98 Å². The van der Waals surface area contributed by atoms with E-state index in [1.165, 1.54) is 11.8 Å². The second kappa shape index (κ2) is 7.54. The summed E-state index contributed by atoms with van der Waals surface area (Å²) in [5.74, 6) is 1.05. The van der Waals surface area contributed by atoms with Crippen molar-refractivity contribution in [3.8, 4) is 11.4 Å². The van der Waals surface area contributed by atoms with Gasteiger partial charge in [0.15, 0.2) is 5.16 Å². The number of nitrogens with zero attached hydrogens (tertiary/aromatic N) is 2. The summed E-state index contributed by atoms with van der Waals surface area (Å²) in [4.78, 5) is 15.9. The lowest BCUT2D eigenvalue weighted by molar-refractivity contribution is -0.118. The molecule has 2 rings (SSSR count). The molecule has 1 aromatic heterocycles. The molecule has 0 aliphatic heterocycles. The maximum atomic E-state index is 11.6. The number of thioether (sulfide) groups is 1. The molecule has 1 amide bonds. The number of amides is 1. The number of ether oxygens (including phenoxy) is 1. The minimum absolute atomic E-state index is 0.0416. The second-order valence-electron chi connectivity index (χ2n) is 4.16. The van der Waals surface area contributed by atoms with Gasteiger partial charge in [0.25, 0.3) is 0 Å². The van der Waals surface area contributed by atoms with Crippen molar-refractivity contribution < 1.29 is 9.53 Å². The number of aromatic nitrogens is 2. The molecule has 0 atom stereocenters. The molecule has 1 aromatic carbocycles. The molecular formula is C15H17N3O2S. The van der Waals surface area contributed by atoms with E-state index in [1.807, 2.05) is 35.0 Å². The molecule has 5 nitrogen and oxygen atoms in total. The molecule has 0 fully saturated rings. The molecule has 6 heteroatoms. The predicted molar refractivity (Wildman–Crippen MR) is 84.0 cm³/mol. The van der Waals surface area contributed by atoms with Gasteiger partial charge in [0.2, 0.25) is 5.91 Å². The van der Waals surface area contributed by atoms with Crippen LogP contribution in [0.2, 0.25) is 0 Å². The summed E-state index contributed by atoms with van der Waals surface area (Å²) in [6.07, 6.45) is 5.22. The topological polar surface area (TPSA) is 56.2 Å². The monoisotopic (exact) mass is 303 g/mol. The molecule has 21 heavy (non-hydrogen) atoms. The van der Waals surface area contributed by atoms with Crippen LogP contribution in [-0.2, 0) is 4.79 Å². The minimum atomic E-state index is -0.0416. The molecule has 0 aliphatic carbocycles. The Morgan fingerprint density at radius 2 is 2.43 bits per heavy atom. The molecular weight excluding hydrogens is 286 g/mol. The minimum Gasteiger partial charge on any atom is -0.497 e. The van der Waals surface area contributed by atoms with Crippen LogP contribution < -0.4 is 10.1 Å². The Morgan fingerprint density at radius 1 is 1.57 bits per heavy atom. The van der Waals surface area contributed by atoms with Gasteiger partial charge in [0, 0.05) is 25.0 Å². The molecule has 2 aromatic rings. The third-order valence-corrected chi connectivity index (χ3v) is 3.68. The van der Waals surface area contributed by atoms with E-state index in [9.17, 15) is 4.79 Å². The first-order valence-corrected chi connectivity index (χ1v) is 7.41. The van der Waals surface area contributed by atoms with E-state index in [1.54, 1.807) is 19.4 Å². The summed E-state index contributed by atoms with van der Waals surface area (Å²) < 4.78 is 7.15. The summed E-state index contributed by atoms with van der Waals surface area (Å²) in [6, 6.07) is 7.69. The van der Waals surface area contributed by atoms with Crippen LogP contribution in [-0.4, -0.2) is 34.9 Å². The maximum absolute atomic E-state index is 11.6. The number of hydrogen-bond donors (Lipinski definition) is 1. The van der Waals surface area contributed by atoms with Gasteiger partial charge in [-0.15, -0.1) is 6.58 Å². The predicted octanol–water partition coefficient (Wildman–Crippen LogP) is 2.28. The van der Waals surface area contributed by atoms with E-state index >= 15 is 0 Å². The Hall–Kier alpha value is -2.21. The van der Waals surface area contributed by atoms with E-state index in [4.69, 9.17) is 4.74 Å². The summed E-state index contributed by atoms with van der Waals surface area (Å²) in [6.45, 7) is 4.04. The molecule has 0 radical (unpaired) electrons. The first-order chi connectivity index (χ1) is 10.2. The van der Waals surface area contributed by atoms with Crippen LogP contribution in [0.25, 0.3) is 5.69 Å². The molecule has 0 saturated heterocycles. The molecule has 1 heterocycles. The number of carbonyl (C=O) groups is 1. The molecule has 0 spiro atoms. The van der Waals surface area contributed by atoms with Crippen molar-refractivity contribution in [1.82, 2.24) is 14.9 Å². The van der Waals surface area contributed by atoms with Gasteiger partial charge in [-0.3, -0.25) is 9.36 Å². The fourth-order valence-corrected chi connectivity index (χ4v) is 2.52. The van der Waals surface area contributed by atoms with Gasteiger partial charge >= 0.3 is 0 Å². The molecule has 0 unspecified atom stereocenters. The molecule has 0 aliphatic rings. The van der Waals surface area contributed by atoms with Gasteiger partial charge < -0.3 is 10.1 Å². The molecule has 0 bridgehead atoms. The standard InChI is InChI=1S/C15H17N3O2S/c1-3-7-16-14(19)11-21-15-17-8-9-18(15)12-5-4-6-13(10-12)20-2/h3-6,8-10H,1,7,11H2,2H3,(H,16,19).